The predicted molar refractivity (Wildman–Crippen MR) is 95.5 cm³/mol. The topological polar surface area (TPSA) is 107 Å². The maximum atomic E-state index is 11.4. The number of aliphatic carboxylic acids is 1. The van der Waals surface area contributed by atoms with E-state index in [0.717, 1.165) is 19.3 Å². The first-order chi connectivity index (χ1) is 12.1. The number of rotatable bonds is 4. The van der Waals surface area contributed by atoms with E-state index in [1.807, 2.05) is 6.92 Å². The van der Waals surface area contributed by atoms with Gasteiger partial charge in [-0.15, -0.1) is 0 Å². The zero-order valence-electron chi connectivity index (χ0n) is 16.2. The van der Waals surface area contributed by atoms with Gasteiger partial charge in [-0.25, -0.2) is 0 Å². The van der Waals surface area contributed by atoms with Gasteiger partial charge >= 0.3 is 5.97 Å². The van der Waals surface area contributed by atoms with E-state index in [0.29, 0.717) is 19.3 Å². The molecule has 150 valence electrons. The van der Waals surface area contributed by atoms with Crippen molar-refractivity contribution in [3.63, 3.8) is 0 Å². The van der Waals surface area contributed by atoms with Crippen LogP contribution in [0.2, 0.25) is 0 Å². The average Bonchev–Trinajstić information content (AvgIpc) is 2.98. The summed E-state index contributed by atoms with van der Waals surface area (Å²) < 4.78 is 6.60. The van der Waals surface area contributed by atoms with Crippen LogP contribution in [0.4, 0.5) is 0 Å². The molecule has 7 atom stereocenters. The highest BCUT2D eigenvalue weighted by molar-refractivity contribution is 5.68. The van der Waals surface area contributed by atoms with E-state index in [9.17, 15) is 25.2 Å². The summed E-state index contributed by atoms with van der Waals surface area (Å²) in [6, 6.07) is 0. The minimum atomic E-state index is -1.03. The lowest BCUT2D eigenvalue weighted by atomic mass is 9.43. The second kappa shape index (κ2) is 6.43. The van der Waals surface area contributed by atoms with Crippen LogP contribution >= 0.6 is 0 Å². The number of carbonyl (C=O) groups is 1. The van der Waals surface area contributed by atoms with Crippen molar-refractivity contribution in [1.29, 1.82) is 0 Å². The van der Waals surface area contributed by atoms with Gasteiger partial charge in [0.25, 0.3) is 0 Å². The van der Waals surface area contributed by atoms with E-state index in [1.54, 1.807) is 0 Å². The summed E-state index contributed by atoms with van der Waals surface area (Å²) in [4.78, 5) is 11.4. The minimum Gasteiger partial charge on any atom is -0.481 e. The summed E-state index contributed by atoms with van der Waals surface area (Å²) in [6.45, 7) is 5.96. The Labute approximate surface area is 155 Å². The smallest absolute Gasteiger partial charge is 0.306 e. The molecule has 0 aromatic carbocycles. The summed E-state index contributed by atoms with van der Waals surface area (Å²) in [5.41, 5.74) is -2.40. The summed E-state index contributed by atoms with van der Waals surface area (Å²) in [5, 5.41) is 40.0. The van der Waals surface area contributed by atoms with Crippen LogP contribution in [0.1, 0.15) is 65.7 Å². The Balaban J connectivity index is 2.02. The molecule has 0 bridgehead atoms. The third kappa shape index (κ3) is 2.56. The molecular formula is C20H34O6. The van der Waals surface area contributed by atoms with Gasteiger partial charge in [0.1, 0.15) is 5.60 Å². The van der Waals surface area contributed by atoms with Gasteiger partial charge in [0, 0.05) is 10.8 Å². The molecule has 3 fully saturated rings. The second-order valence-electron chi connectivity index (χ2n) is 9.57. The fourth-order valence-corrected chi connectivity index (χ4v) is 6.70. The van der Waals surface area contributed by atoms with Crippen LogP contribution in [0.15, 0.2) is 0 Å². The van der Waals surface area contributed by atoms with Gasteiger partial charge in [0.05, 0.1) is 31.3 Å². The Hall–Kier alpha value is -0.690. The lowest BCUT2D eigenvalue weighted by Crippen LogP contribution is -2.66. The number of hydrogen-bond donors (Lipinski definition) is 4. The van der Waals surface area contributed by atoms with Crippen molar-refractivity contribution in [3.05, 3.63) is 0 Å². The molecule has 1 heterocycles. The number of ether oxygens (including phenoxy) is 1. The monoisotopic (exact) mass is 370 g/mol. The van der Waals surface area contributed by atoms with Crippen LogP contribution in [0, 0.1) is 22.7 Å². The Kier molecular flexibility index (Phi) is 4.96. The molecule has 0 unspecified atom stereocenters. The summed E-state index contributed by atoms with van der Waals surface area (Å²) in [6.07, 6.45) is 3.73. The lowest BCUT2D eigenvalue weighted by molar-refractivity contribution is -0.271. The van der Waals surface area contributed by atoms with E-state index in [4.69, 9.17) is 4.74 Å². The Morgan fingerprint density at radius 3 is 2.35 bits per heavy atom. The lowest BCUT2D eigenvalue weighted by Gasteiger charge is -2.65. The van der Waals surface area contributed by atoms with Crippen LogP contribution in [0.3, 0.4) is 0 Å². The van der Waals surface area contributed by atoms with Crippen LogP contribution in [0.25, 0.3) is 0 Å². The molecule has 0 aromatic heterocycles. The number of carboxylic acids is 1. The molecular weight excluding hydrogens is 336 g/mol. The highest BCUT2D eigenvalue weighted by atomic mass is 16.5. The van der Waals surface area contributed by atoms with Gasteiger partial charge < -0.3 is 25.2 Å². The molecule has 3 aliphatic rings. The third-order valence-corrected chi connectivity index (χ3v) is 8.37. The number of aliphatic hydroxyl groups excluding tert-OH is 3. The summed E-state index contributed by atoms with van der Waals surface area (Å²) >= 11 is 0. The largest absolute Gasteiger partial charge is 0.481 e. The molecule has 6 heteroatoms. The Morgan fingerprint density at radius 2 is 1.77 bits per heavy atom. The van der Waals surface area contributed by atoms with Crippen molar-refractivity contribution in [2.45, 2.75) is 83.0 Å². The van der Waals surface area contributed by atoms with Gasteiger partial charge in [0.15, 0.2) is 0 Å². The van der Waals surface area contributed by atoms with Crippen molar-refractivity contribution in [1.82, 2.24) is 0 Å². The van der Waals surface area contributed by atoms with E-state index < -0.39 is 28.7 Å². The van der Waals surface area contributed by atoms with E-state index >= 15 is 0 Å². The molecule has 3 rings (SSSR count). The third-order valence-electron chi connectivity index (χ3n) is 8.37. The summed E-state index contributed by atoms with van der Waals surface area (Å²) in [5.74, 6) is -0.621. The fraction of sp³-hybridized carbons (Fsp3) is 0.950. The maximum Gasteiger partial charge on any atom is 0.306 e. The molecule has 2 saturated carbocycles. The molecule has 0 radical (unpaired) electrons. The minimum absolute atomic E-state index is 0.0703. The highest BCUT2D eigenvalue weighted by Gasteiger charge is 2.68. The second-order valence-corrected chi connectivity index (χ2v) is 9.57. The number of carboxylic acid groups (broad SMARTS) is 1. The van der Waals surface area contributed by atoms with Crippen molar-refractivity contribution in [2.75, 3.05) is 13.2 Å². The molecule has 1 spiro atoms. The number of hydrogen-bond acceptors (Lipinski definition) is 5. The van der Waals surface area contributed by atoms with Crippen molar-refractivity contribution >= 4 is 5.97 Å². The average molecular weight is 370 g/mol. The van der Waals surface area contributed by atoms with Gasteiger partial charge in [-0.05, 0) is 50.4 Å². The highest BCUT2D eigenvalue weighted by Crippen LogP contribution is 2.67. The van der Waals surface area contributed by atoms with E-state index in [1.165, 1.54) is 0 Å². The SMILES string of the molecule is C[C@@H]1CC[C@H]2[C@](C)(CO)[C@@H](O)CC[C@]2(C)[C@@]12CC[C@](CO)(CC(=O)O)O2. The fourth-order valence-electron chi connectivity index (χ4n) is 6.70. The molecule has 1 saturated heterocycles. The zero-order chi connectivity index (χ0) is 19.4. The first-order valence-electron chi connectivity index (χ1n) is 9.91. The van der Waals surface area contributed by atoms with Crippen molar-refractivity contribution in [2.24, 2.45) is 22.7 Å². The van der Waals surface area contributed by atoms with E-state index in [-0.39, 0.29) is 36.9 Å². The van der Waals surface area contributed by atoms with Crippen LogP contribution in [0.5, 0.6) is 0 Å². The molecule has 0 aromatic rings. The van der Waals surface area contributed by atoms with Crippen LogP contribution in [-0.2, 0) is 9.53 Å². The van der Waals surface area contributed by atoms with Gasteiger partial charge in [-0.3, -0.25) is 4.79 Å². The molecule has 0 amide bonds. The maximum absolute atomic E-state index is 11.4. The molecule has 6 nitrogen and oxygen atoms in total. The first kappa shape index (κ1) is 20.1. The van der Waals surface area contributed by atoms with E-state index in [2.05, 4.69) is 13.8 Å². The molecule has 2 aliphatic carbocycles. The first-order valence-corrected chi connectivity index (χ1v) is 9.91. The van der Waals surface area contributed by atoms with Crippen LogP contribution < -0.4 is 0 Å². The number of fused-ring (bicyclic) bond motifs is 2. The normalized spacial score (nSPS) is 51.4. The number of aliphatic hydroxyl groups is 3. The van der Waals surface area contributed by atoms with Crippen molar-refractivity contribution < 1.29 is 30.0 Å². The summed E-state index contributed by atoms with van der Waals surface area (Å²) in [7, 11) is 0. The molecule has 4 N–H and O–H groups in total. The van der Waals surface area contributed by atoms with Crippen LogP contribution in [-0.4, -0.2) is 56.9 Å². The Morgan fingerprint density at radius 1 is 1.08 bits per heavy atom. The molecule has 26 heavy (non-hydrogen) atoms. The Bertz CT molecular complexity index is 567. The van der Waals surface area contributed by atoms with Gasteiger partial charge in [0.2, 0.25) is 0 Å². The van der Waals surface area contributed by atoms with Crippen molar-refractivity contribution in [3.8, 4) is 0 Å². The van der Waals surface area contributed by atoms with Gasteiger partial charge in [-0.1, -0.05) is 20.8 Å². The van der Waals surface area contributed by atoms with Gasteiger partial charge in [-0.2, -0.15) is 0 Å². The standard InChI is InChI=1S/C20H34O6/c1-13-4-5-14-17(2,11-21)15(23)6-7-18(14,3)20(13)9-8-19(12-22,26-20)10-16(24)25/h13-15,21-23H,4-12H2,1-3H3,(H,24,25)/t13-,14+,15+,17+,18+,19-,20-/m1/s1. The zero-order valence-corrected chi connectivity index (χ0v) is 16.2. The molecule has 1 aliphatic heterocycles. The predicted octanol–water partition coefficient (Wildman–Crippen LogP) is 1.95. The quantitative estimate of drug-likeness (QED) is 0.602.